The summed E-state index contributed by atoms with van der Waals surface area (Å²) in [4.78, 5) is 0. The van der Waals surface area contributed by atoms with E-state index in [0.717, 1.165) is 0 Å². The first kappa shape index (κ1) is 6.76. The summed E-state index contributed by atoms with van der Waals surface area (Å²) in [7, 11) is 0. The molecule has 0 aromatic carbocycles. The molecule has 0 fully saturated rings. The lowest BCUT2D eigenvalue weighted by Gasteiger charge is -1.91. The number of alkyl halides is 1. The van der Waals surface area contributed by atoms with Gasteiger partial charge in [-0.15, -0.1) is 16.8 Å². The van der Waals surface area contributed by atoms with Crippen molar-refractivity contribution in [3.05, 3.63) is 0 Å². The van der Waals surface area contributed by atoms with E-state index in [4.69, 9.17) is 16.8 Å². The molecule has 1 N–H and O–H groups in total. The Hall–Kier alpha value is -0.240. The topological polar surface area (TPSA) is 32.6 Å². The van der Waals surface area contributed by atoms with Crippen LogP contribution in [0, 0.1) is 5.92 Å². The van der Waals surface area contributed by atoms with E-state index in [1.54, 1.807) is 0 Å². The van der Waals surface area contributed by atoms with E-state index >= 15 is 0 Å². The van der Waals surface area contributed by atoms with Crippen LogP contribution in [0.4, 0.5) is 0 Å². The summed E-state index contributed by atoms with van der Waals surface area (Å²) in [5, 5.41) is 10.7. The first-order valence-corrected chi connectivity index (χ1v) is 2.58. The van der Waals surface area contributed by atoms with Crippen LogP contribution < -0.4 is 0 Å². The Labute approximate surface area is 47.8 Å². The molecule has 42 valence electrons. The lowest BCUT2D eigenvalue weighted by Crippen LogP contribution is -1.95. The van der Waals surface area contributed by atoms with Crippen molar-refractivity contribution in [1.82, 2.24) is 0 Å². The van der Waals surface area contributed by atoms with Crippen molar-refractivity contribution in [1.29, 1.82) is 0 Å². The van der Waals surface area contributed by atoms with Gasteiger partial charge in [0.15, 0.2) is 0 Å². The van der Waals surface area contributed by atoms with E-state index in [2.05, 4.69) is 5.16 Å². The third-order valence-electron chi connectivity index (χ3n) is 0.565. The van der Waals surface area contributed by atoms with Crippen LogP contribution in [0.5, 0.6) is 0 Å². The van der Waals surface area contributed by atoms with Gasteiger partial charge in [0, 0.05) is 18.0 Å². The molecule has 0 saturated carbocycles. The van der Waals surface area contributed by atoms with Crippen molar-refractivity contribution in [2.75, 3.05) is 5.88 Å². The van der Waals surface area contributed by atoms with Crippen molar-refractivity contribution < 1.29 is 5.21 Å². The quantitative estimate of drug-likeness (QED) is 0.254. The van der Waals surface area contributed by atoms with Crippen LogP contribution in [0.25, 0.3) is 0 Å². The Kier molecular flexibility index (Phi) is 3.80. The third kappa shape index (κ3) is 3.59. The lowest BCUT2D eigenvalue weighted by atomic mass is 10.2. The van der Waals surface area contributed by atoms with Gasteiger partial charge in [0.05, 0.1) is 0 Å². The van der Waals surface area contributed by atoms with Gasteiger partial charge in [0.25, 0.3) is 0 Å². The Morgan fingerprint density at radius 2 is 2.57 bits per heavy atom. The van der Waals surface area contributed by atoms with Crippen molar-refractivity contribution in [2.24, 2.45) is 11.1 Å². The van der Waals surface area contributed by atoms with Crippen LogP contribution in [0.3, 0.4) is 0 Å². The highest BCUT2D eigenvalue weighted by Gasteiger charge is 1.90. The zero-order valence-electron chi connectivity index (χ0n) is 4.13. The Morgan fingerprint density at radius 1 is 2.00 bits per heavy atom. The van der Waals surface area contributed by atoms with E-state index in [1.807, 2.05) is 6.92 Å². The number of oxime groups is 1. The Bertz CT molecular complexity index is 64.7. The molecule has 0 spiro atoms. The highest BCUT2D eigenvalue weighted by molar-refractivity contribution is 6.18. The molecule has 0 amide bonds. The summed E-state index contributed by atoms with van der Waals surface area (Å²) in [6, 6.07) is 0. The highest BCUT2D eigenvalue weighted by atomic mass is 35.5. The van der Waals surface area contributed by atoms with Crippen LogP contribution in [0.2, 0.25) is 0 Å². The Balaban J connectivity index is 3.16. The fraction of sp³-hybridized carbons (Fsp3) is 0.750. The van der Waals surface area contributed by atoms with Gasteiger partial charge in [-0.3, -0.25) is 0 Å². The summed E-state index contributed by atoms with van der Waals surface area (Å²) < 4.78 is 0. The second kappa shape index (κ2) is 3.93. The molecule has 2 nitrogen and oxygen atoms in total. The van der Waals surface area contributed by atoms with E-state index in [0.29, 0.717) is 5.88 Å². The maximum atomic E-state index is 7.88. The molecule has 0 saturated heterocycles. The van der Waals surface area contributed by atoms with Crippen molar-refractivity contribution in [3.63, 3.8) is 0 Å². The molecule has 3 heteroatoms. The monoisotopic (exact) mass is 121 g/mol. The van der Waals surface area contributed by atoms with E-state index in [1.165, 1.54) is 6.21 Å². The molecule has 1 atom stereocenters. The number of hydrogen-bond acceptors (Lipinski definition) is 2. The molecule has 0 aromatic rings. The van der Waals surface area contributed by atoms with Crippen LogP contribution in [-0.2, 0) is 0 Å². The van der Waals surface area contributed by atoms with Crippen LogP contribution in [0.1, 0.15) is 6.92 Å². The predicted molar refractivity (Wildman–Crippen MR) is 30.2 cm³/mol. The molecule has 1 unspecified atom stereocenters. The van der Waals surface area contributed by atoms with Crippen LogP contribution >= 0.6 is 11.6 Å². The summed E-state index contributed by atoms with van der Waals surface area (Å²) in [5.41, 5.74) is 0. The SMILES string of the molecule is CC(C=NO)CCl. The third-order valence-corrected chi connectivity index (χ3v) is 1.05. The van der Waals surface area contributed by atoms with Gasteiger partial charge < -0.3 is 5.21 Å². The average Bonchev–Trinajstić information content (AvgIpc) is 1.68. The lowest BCUT2D eigenvalue weighted by molar-refractivity contribution is 0.319. The summed E-state index contributed by atoms with van der Waals surface area (Å²) in [6.07, 6.45) is 1.40. The minimum absolute atomic E-state index is 0.173. The van der Waals surface area contributed by atoms with Crippen molar-refractivity contribution >= 4 is 17.8 Å². The fourth-order valence-corrected chi connectivity index (χ4v) is 0.233. The first-order chi connectivity index (χ1) is 3.31. The van der Waals surface area contributed by atoms with Crippen LogP contribution in [0.15, 0.2) is 5.16 Å². The van der Waals surface area contributed by atoms with E-state index in [-0.39, 0.29) is 5.92 Å². The van der Waals surface area contributed by atoms with Gasteiger partial charge in [0.1, 0.15) is 0 Å². The summed E-state index contributed by atoms with van der Waals surface area (Å²) >= 11 is 5.33. The average molecular weight is 122 g/mol. The van der Waals surface area contributed by atoms with E-state index in [9.17, 15) is 0 Å². The molecule has 0 aliphatic rings. The van der Waals surface area contributed by atoms with Crippen LogP contribution in [-0.4, -0.2) is 17.3 Å². The molecule has 0 rings (SSSR count). The molecular weight excluding hydrogens is 114 g/mol. The number of halogens is 1. The minimum Gasteiger partial charge on any atom is -0.411 e. The number of hydrogen-bond donors (Lipinski definition) is 1. The largest absolute Gasteiger partial charge is 0.411 e. The normalized spacial score (nSPS) is 15.1. The van der Waals surface area contributed by atoms with E-state index < -0.39 is 0 Å². The molecule has 0 aliphatic heterocycles. The van der Waals surface area contributed by atoms with Gasteiger partial charge in [-0.25, -0.2) is 0 Å². The van der Waals surface area contributed by atoms with Gasteiger partial charge in [0.2, 0.25) is 0 Å². The summed E-state index contributed by atoms with van der Waals surface area (Å²) in [6.45, 7) is 1.87. The highest BCUT2D eigenvalue weighted by Crippen LogP contribution is 1.91. The molecular formula is C4H8ClNO. The van der Waals surface area contributed by atoms with Gasteiger partial charge in [-0.2, -0.15) is 0 Å². The predicted octanol–water partition coefficient (Wildman–Crippen LogP) is 1.32. The number of rotatable bonds is 2. The van der Waals surface area contributed by atoms with Gasteiger partial charge >= 0.3 is 0 Å². The smallest absolute Gasteiger partial charge is 0.0475 e. The zero-order valence-corrected chi connectivity index (χ0v) is 4.89. The van der Waals surface area contributed by atoms with Gasteiger partial charge in [-0.1, -0.05) is 6.92 Å². The molecule has 7 heavy (non-hydrogen) atoms. The minimum atomic E-state index is 0.173. The maximum Gasteiger partial charge on any atom is 0.0475 e. The second-order valence-electron chi connectivity index (χ2n) is 1.40. The molecule has 0 radical (unpaired) electrons. The standard InChI is InChI=1S/C4H8ClNO/c1-4(2-5)3-6-7/h3-4,7H,2H2,1H3. The summed E-state index contributed by atoms with van der Waals surface area (Å²) in [5.74, 6) is 0.677. The molecule has 0 aliphatic carbocycles. The zero-order chi connectivity index (χ0) is 5.70. The van der Waals surface area contributed by atoms with Crippen molar-refractivity contribution in [2.45, 2.75) is 6.92 Å². The van der Waals surface area contributed by atoms with Crippen molar-refractivity contribution in [3.8, 4) is 0 Å². The number of nitrogens with zero attached hydrogens (tertiary/aromatic N) is 1. The Morgan fingerprint density at radius 3 is 2.71 bits per heavy atom. The van der Waals surface area contributed by atoms with Gasteiger partial charge in [-0.05, 0) is 0 Å². The fourth-order valence-electron chi connectivity index (χ4n) is 0.154. The molecule has 0 heterocycles. The molecule has 0 bridgehead atoms. The maximum absolute atomic E-state index is 7.88. The molecule has 0 aromatic heterocycles. The second-order valence-corrected chi connectivity index (χ2v) is 1.70. The first-order valence-electron chi connectivity index (χ1n) is 2.04.